The molecule has 0 atom stereocenters. The Morgan fingerprint density at radius 1 is 1.39 bits per heavy atom. The molecule has 2 rings (SSSR count). The van der Waals surface area contributed by atoms with E-state index in [0.717, 1.165) is 18.5 Å². The standard InChI is InChI=1S/C12H14ClF2NO2/c1-17-9-4-8(5-9)16-7-2-3-11(10(13)6-7)18-12(14)15/h2-3,6,8-9,12,16H,4-5H2,1H3. The fraction of sp³-hybridized carbons (Fsp3) is 0.500. The third-order valence-electron chi connectivity index (χ3n) is 2.95. The summed E-state index contributed by atoms with van der Waals surface area (Å²) < 4.78 is 33.5. The second kappa shape index (κ2) is 5.71. The molecule has 0 aliphatic heterocycles. The lowest BCUT2D eigenvalue weighted by atomic mass is 9.89. The van der Waals surface area contributed by atoms with Crippen LogP contribution in [-0.2, 0) is 4.74 Å². The molecule has 100 valence electrons. The number of nitrogens with one attached hydrogen (secondary N) is 1. The molecule has 0 amide bonds. The molecule has 0 spiro atoms. The van der Waals surface area contributed by atoms with Gasteiger partial charge in [-0.05, 0) is 31.0 Å². The summed E-state index contributed by atoms with van der Waals surface area (Å²) in [5.41, 5.74) is 0.793. The van der Waals surface area contributed by atoms with Crippen molar-refractivity contribution >= 4 is 17.3 Å². The number of rotatable bonds is 5. The Labute approximate surface area is 109 Å². The lowest BCUT2D eigenvalue weighted by Crippen LogP contribution is -2.40. The zero-order chi connectivity index (χ0) is 13.1. The smallest absolute Gasteiger partial charge is 0.387 e. The van der Waals surface area contributed by atoms with Gasteiger partial charge in [0.15, 0.2) is 0 Å². The molecule has 1 aromatic carbocycles. The summed E-state index contributed by atoms with van der Waals surface area (Å²) in [6.07, 6.45) is 2.17. The highest BCUT2D eigenvalue weighted by molar-refractivity contribution is 6.32. The lowest BCUT2D eigenvalue weighted by molar-refractivity contribution is -0.0497. The van der Waals surface area contributed by atoms with Gasteiger partial charge in [-0.1, -0.05) is 11.6 Å². The Bertz CT molecular complexity index is 411. The zero-order valence-corrected chi connectivity index (χ0v) is 10.6. The number of benzene rings is 1. The maximum absolute atomic E-state index is 12.0. The Kier molecular flexibility index (Phi) is 4.24. The molecule has 1 fully saturated rings. The molecule has 0 bridgehead atoms. The molecule has 0 radical (unpaired) electrons. The number of anilines is 1. The van der Waals surface area contributed by atoms with Gasteiger partial charge in [-0.2, -0.15) is 8.78 Å². The van der Waals surface area contributed by atoms with Crippen molar-refractivity contribution in [1.82, 2.24) is 0 Å². The van der Waals surface area contributed by atoms with Gasteiger partial charge in [-0.3, -0.25) is 0 Å². The van der Waals surface area contributed by atoms with Crippen molar-refractivity contribution in [2.45, 2.75) is 31.6 Å². The minimum absolute atomic E-state index is 0.0133. The first-order chi connectivity index (χ1) is 8.58. The molecule has 3 nitrogen and oxygen atoms in total. The van der Waals surface area contributed by atoms with E-state index in [2.05, 4.69) is 10.1 Å². The molecule has 1 aliphatic carbocycles. The van der Waals surface area contributed by atoms with Gasteiger partial charge in [0, 0.05) is 18.8 Å². The Balaban J connectivity index is 1.93. The summed E-state index contributed by atoms with van der Waals surface area (Å²) >= 11 is 5.85. The maximum atomic E-state index is 12.0. The van der Waals surface area contributed by atoms with Gasteiger partial charge < -0.3 is 14.8 Å². The van der Waals surface area contributed by atoms with E-state index in [1.54, 1.807) is 19.2 Å². The minimum Gasteiger partial charge on any atom is -0.433 e. The van der Waals surface area contributed by atoms with Crippen LogP contribution in [0.3, 0.4) is 0 Å². The van der Waals surface area contributed by atoms with Gasteiger partial charge in [0.2, 0.25) is 0 Å². The summed E-state index contributed by atoms with van der Waals surface area (Å²) in [5, 5.41) is 3.43. The van der Waals surface area contributed by atoms with E-state index in [1.807, 2.05) is 0 Å². The highest BCUT2D eigenvalue weighted by atomic mass is 35.5. The van der Waals surface area contributed by atoms with Crippen LogP contribution in [0.25, 0.3) is 0 Å². The molecule has 0 heterocycles. The van der Waals surface area contributed by atoms with E-state index in [4.69, 9.17) is 16.3 Å². The lowest BCUT2D eigenvalue weighted by Gasteiger charge is -2.35. The average Bonchev–Trinajstić information content (AvgIpc) is 2.26. The van der Waals surface area contributed by atoms with Crippen LogP contribution in [-0.4, -0.2) is 25.9 Å². The largest absolute Gasteiger partial charge is 0.433 e. The molecule has 0 unspecified atom stereocenters. The topological polar surface area (TPSA) is 30.5 Å². The predicted molar refractivity (Wildman–Crippen MR) is 65.5 cm³/mol. The van der Waals surface area contributed by atoms with Crippen LogP contribution in [0.1, 0.15) is 12.8 Å². The molecule has 0 aromatic heterocycles. The molecule has 1 aliphatic rings. The first-order valence-electron chi connectivity index (χ1n) is 5.62. The summed E-state index contributed by atoms with van der Waals surface area (Å²) in [6, 6.07) is 5.03. The van der Waals surface area contributed by atoms with Gasteiger partial charge >= 0.3 is 6.61 Å². The molecule has 6 heteroatoms. The number of alkyl halides is 2. The number of hydrogen-bond acceptors (Lipinski definition) is 3. The van der Waals surface area contributed by atoms with Crippen LogP contribution < -0.4 is 10.1 Å². The van der Waals surface area contributed by atoms with E-state index in [9.17, 15) is 8.78 Å². The molecule has 1 N–H and O–H groups in total. The third kappa shape index (κ3) is 3.23. The highest BCUT2D eigenvalue weighted by Crippen LogP contribution is 2.31. The summed E-state index contributed by atoms with van der Waals surface area (Å²) in [4.78, 5) is 0. The third-order valence-corrected chi connectivity index (χ3v) is 3.24. The highest BCUT2D eigenvalue weighted by Gasteiger charge is 2.28. The minimum atomic E-state index is -2.87. The predicted octanol–water partition coefficient (Wildman–Crippen LogP) is 3.53. The Morgan fingerprint density at radius 2 is 2.11 bits per heavy atom. The van der Waals surface area contributed by atoms with Crippen LogP contribution in [0.2, 0.25) is 5.02 Å². The van der Waals surface area contributed by atoms with Crippen molar-refractivity contribution in [2.24, 2.45) is 0 Å². The van der Waals surface area contributed by atoms with Crippen molar-refractivity contribution in [1.29, 1.82) is 0 Å². The summed E-state index contributed by atoms with van der Waals surface area (Å²) in [5.74, 6) is -0.0133. The van der Waals surface area contributed by atoms with Crippen LogP contribution in [0.15, 0.2) is 18.2 Å². The number of ether oxygens (including phenoxy) is 2. The van der Waals surface area contributed by atoms with Crippen LogP contribution in [0, 0.1) is 0 Å². The van der Waals surface area contributed by atoms with Crippen LogP contribution >= 0.6 is 11.6 Å². The Hall–Kier alpha value is -1.07. The summed E-state index contributed by atoms with van der Waals surface area (Å²) in [7, 11) is 1.69. The van der Waals surface area contributed by atoms with E-state index in [1.165, 1.54) is 6.07 Å². The molecule has 1 saturated carbocycles. The second-order valence-corrected chi connectivity index (χ2v) is 4.60. The molecule has 1 aromatic rings. The fourth-order valence-corrected chi connectivity index (χ4v) is 2.12. The van der Waals surface area contributed by atoms with Gasteiger partial charge in [-0.25, -0.2) is 0 Å². The molecule has 18 heavy (non-hydrogen) atoms. The fourth-order valence-electron chi connectivity index (χ4n) is 1.89. The van der Waals surface area contributed by atoms with Crippen molar-refractivity contribution in [3.63, 3.8) is 0 Å². The number of halogens is 3. The quantitative estimate of drug-likeness (QED) is 0.893. The van der Waals surface area contributed by atoms with Gasteiger partial charge in [-0.15, -0.1) is 0 Å². The summed E-state index contributed by atoms with van der Waals surface area (Å²) in [6.45, 7) is -2.87. The first kappa shape index (κ1) is 13.4. The first-order valence-corrected chi connectivity index (χ1v) is 6.00. The molecular weight excluding hydrogens is 264 g/mol. The van der Waals surface area contributed by atoms with Crippen molar-refractivity contribution in [2.75, 3.05) is 12.4 Å². The zero-order valence-electron chi connectivity index (χ0n) is 9.83. The SMILES string of the molecule is COC1CC(Nc2ccc(OC(F)F)c(Cl)c2)C1. The van der Waals surface area contributed by atoms with E-state index in [0.29, 0.717) is 12.1 Å². The normalized spacial score (nSPS) is 22.7. The van der Waals surface area contributed by atoms with Gasteiger partial charge in [0.05, 0.1) is 11.1 Å². The second-order valence-electron chi connectivity index (χ2n) is 4.19. The van der Waals surface area contributed by atoms with Crippen LogP contribution in [0.4, 0.5) is 14.5 Å². The monoisotopic (exact) mass is 277 g/mol. The van der Waals surface area contributed by atoms with Gasteiger partial charge in [0.25, 0.3) is 0 Å². The van der Waals surface area contributed by atoms with E-state index in [-0.39, 0.29) is 10.8 Å². The Morgan fingerprint density at radius 3 is 2.67 bits per heavy atom. The van der Waals surface area contributed by atoms with E-state index >= 15 is 0 Å². The van der Waals surface area contributed by atoms with Crippen molar-refractivity contribution in [3.05, 3.63) is 23.2 Å². The van der Waals surface area contributed by atoms with Crippen molar-refractivity contribution in [3.8, 4) is 5.75 Å². The van der Waals surface area contributed by atoms with Crippen molar-refractivity contribution < 1.29 is 18.3 Å². The number of methoxy groups -OCH3 is 1. The van der Waals surface area contributed by atoms with Crippen LogP contribution in [0.5, 0.6) is 5.75 Å². The molecule has 0 saturated heterocycles. The maximum Gasteiger partial charge on any atom is 0.387 e. The number of hydrogen-bond donors (Lipinski definition) is 1. The average molecular weight is 278 g/mol. The van der Waals surface area contributed by atoms with Gasteiger partial charge in [0.1, 0.15) is 5.75 Å². The molecular formula is C12H14ClF2NO2. The van der Waals surface area contributed by atoms with E-state index < -0.39 is 6.61 Å².